The highest BCUT2D eigenvalue weighted by Gasteiger charge is 2.33. The molecule has 84 valence electrons. The maximum atomic E-state index is 4.27. The molecule has 0 aliphatic heterocycles. The van der Waals surface area contributed by atoms with Crippen LogP contribution in [0.1, 0.15) is 41.5 Å². The number of hydrogen-bond acceptors (Lipinski definition) is 1. The molecule has 0 aliphatic rings. The second kappa shape index (κ2) is 4.20. The molecule has 0 spiro atoms. The van der Waals surface area contributed by atoms with Gasteiger partial charge in [0, 0.05) is 25.2 Å². The molecule has 0 aromatic carbocycles. The summed E-state index contributed by atoms with van der Waals surface area (Å²) >= 11 is 0. The van der Waals surface area contributed by atoms with E-state index in [2.05, 4.69) is 56.8 Å². The van der Waals surface area contributed by atoms with Gasteiger partial charge in [-0.15, -0.1) is 0 Å². The molecule has 0 fully saturated rings. The summed E-state index contributed by atoms with van der Waals surface area (Å²) in [6.45, 7) is 13.2. The topological polar surface area (TPSA) is 27.6 Å². The van der Waals surface area contributed by atoms with E-state index in [1.54, 1.807) is 0 Å². The summed E-state index contributed by atoms with van der Waals surface area (Å²) in [6.07, 6.45) is 0. The van der Waals surface area contributed by atoms with Gasteiger partial charge in [0.1, 0.15) is 0 Å². The van der Waals surface area contributed by atoms with Gasteiger partial charge in [0.05, 0.1) is 0 Å². The lowest BCUT2D eigenvalue weighted by Crippen LogP contribution is -2.59. The van der Waals surface area contributed by atoms with E-state index in [1.807, 2.05) is 14.1 Å². The quantitative estimate of drug-likeness (QED) is 0.478. The van der Waals surface area contributed by atoms with Gasteiger partial charge >= 0.3 is 0 Å². The molecule has 0 bridgehead atoms. The maximum Gasteiger partial charge on any atom is 0.194 e. The lowest BCUT2D eigenvalue weighted by molar-refractivity contribution is 0.119. The van der Waals surface area contributed by atoms with Crippen LogP contribution in [0.3, 0.4) is 0 Å². The first-order valence-electron chi connectivity index (χ1n) is 5.09. The lowest BCUT2D eigenvalue weighted by Gasteiger charge is -2.47. The summed E-state index contributed by atoms with van der Waals surface area (Å²) in [5, 5.41) is 3.14. The highest BCUT2D eigenvalue weighted by atomic mass is 15.4. The Morgan fingerprint density at radius 2 is 1.36 bits per heavy atom. The Hall–Kier alpha value is -0.730. The molecule has 0 saturated carbocycles. The van der Waals surface area contributed by atoms with Gasteiger partial charge in [0.25, 0.3) is 0 Å². The number of aliphatic imine (C=N–C) groups is 1. The van der Waals surface area contributed by atoms with E-state index in [4.69, 9.17) is 0 Å². The van der Waals surface area contributed by atoms with Gasteiger partial charge in [0.15, 0.2) is 5.96 Å². The predicted octanol–water partition coefficient (Wildman–Crippen LogP) is 2.09. The Labute approximate surface area is 88.6 Å². The molecule has 0 atom stereocenters. The van der Waals surface area contributed by atoms with E-state index >= 15 is 0 Å². The molecule has 0 unspecified atom stereocenters. The minimum absolute atomic E-state index is 0.0656. The SMILES string of the molecule is CN=C(NC)N(C(C)(C)C)C(C)(C)C. The molecule has 0 aliphatic carbocycles. The van der Waals surface area contributed by atoms with Gasteiger partial charge in [-0.2, -0.15) is 0 Å². The van der Waals surface area contributed by atoms with E-state index in [-0.39, 0.29) is 11.1 Å². The van der Waals surface area contributed by atoms with Crippen LogP contribution in [0.5, 0.6) is 0 Å². The van der Waals surface area contributed by atoms with Crippen LogP contribution in [0.4, 0.5) is 0 Å². The standard InChI is InChI=1S/C11H25N3/c1-10(2,3)14(11(4,5)6)9(12-7)13-8/h1-8H3,(H,12,13). The fraction of sp³-hybridized carbons (Fsp3) is 0.909. The van der Waals surface area contributed by atoms with E-state index in [0.29, 0.717) is 0 Å². The Morgan fingerprint density at radius 3 is 1.43 bits per heavy atom. The van der Waals surface area contributed by atoms with Crippen LogP contribution in [0, 0.1) is 0 Å². The summed E-state index contributed by atoms with van der Waals surface area (Å²) in [6, 6.07) is 0. The zero-order valence-electron chi connectivity index (χ0n) is 10.9. The molecule has 1 N–H and O–H groups in total. The largest absolute Gasteiger partial charge is 0.359 e. The van der Waals surface area contributed by atoms with Gasteiger partial charge in [-0.1, -0.05) is 0 Å². The first-order valence-corrected chi connectivity index (χ1v) is 5.09. The van der Waals surface area contributed by atoms with E-state index in [0.717, 1.165) is 5.96 Å². The minimum Gasteiger partial charge on any atom is -0.359 e. The van der Waals surface area contributed by atoms with E-state index in [1.165, 1.54) is 0 Å². The fourth-order valence-electron chi connectivity index (χ4n) is 1.97. The average Bonchev–Trinajstić information content (AvgIpc) is 1.94. The molecule has 14 heavy (non-hydrogen) atoms. The number of rotatable bonds is 0. The third-order valence-electron chi connectivity index (χ3n) is 1.99. The van der Waals surface area contributed by atoms with Crippen molar-refractivity contribution in [2.24, 2.45) is 4.99 Å². The monoisotopic (exact) mass is 199 g/mol. The second-order valence-electron chi connectivity index (χ2n) is 5.47. The summed E-state index contributed by atoms with van der Waals surface area (Å²) in [4.78, 5) is 6.56. The molecule has 0 aromatic heterocycles. The third kappa shape index (κ3) is 3.20. The second-order valence-corrected chi connectivity index (χ2v) is 5.47. The predicted molar refractivity (Wildman–Crippen MR) is 63.8 cm³/mol. The number of hydrogen-bond donors (Lipinski definition) is 1. The van der Waals surface area contributed by atoms with Crippen molar-refractivity contribution in [3.63, 3.8) is 0 Å². The maximum absolute atomic E-state index is 4.27. The van der Waals surface area contributed by atoms with Gasteiger partial charge in [0.2, 0.25) is 0 Å². The molecular weight excluding hydrogens is 174 g/mol. The normalized spacial score (nSPS) is 14.1. The van der Waals surface area contributed by atoms with Crippen molar-refractivity contribution in [3.05, 3.63) is 0 Å². The van der Waals surface area contributed by atoms with Crippen molar-refractivity contribution in [1.29, 1.82) is 0 Å². The van der Waals surface area contributed by atoms with Crippen LogP contribution in [0.2, 0.25) is 0 Å². The fourth-order valence-corrected chi connectivity index (χ4v) is 1.97. The highest BCUT2D eigenvalue weighted by molar-refractivity contribution is 5.81. The summed E-state index contributed by atoms with van der Waals surface area (Å²) < 4.78 is 0. The first kappa shape index (κ1) is 13.3. The van der Waals surface area contributed by atoms with Gasteiger partial charge in [-0.25, -0.2) is 0 Å². The van der Waals surface area contributed by atoms with Gasteiger partial charge in [-0.3, -0.25) is 4.99 Å². The van der Waals surface area contributed by atoms with Crippen molar-refractivity contribution < 1.29 is 0 Å². The zero-order chi connectivity index (χ0) is 11.6. The third-order valence-corrected chi connectivity index (χ3v) is 1.99. The average molecular weight is 199 g/mol. The van der Waals surface area contributed by atoms with Crippen LogP contribution in [0.15, 0.2) is 4.99 Å². The van der Waals surface area contributed by atoms with E-state index in [9.17, 15) is 0 Å². The zero-order valence-corrected chi connectivity index (χ0v) is 10.9. The van der Waals surface area contributed by atoms with Crippen LogP contribution in [-0.4, -0.2) is 36.0 Å². The number of guanidine groups is 1. The van der Waals surface area contributed by atoms with Crippen molar-refractivity contribution in [1.82, 2.24) is 10.2 Å². The van der Waals surface area contributed by atoms with Crippen LogP contribution in [0.25, 0.3) is 0 Å². The molecule has 3 nitrogen and oxygen atoms in total. The van der Waals surface area contributed by atoms with Crippen LogP contribution < -0.4 is 5.32 Å². The molecule has 0 aromatic rings. The van der Waals surface area contributed by atoms with Crippen molar-refractivity contribution in [2.75, 3.05) is 14.1 Å². The molecule has 0 saturated heterocycles. The Morgan fingerprint density at radius 1 is 1.00 bits per heavy atom. The minimum atomic E-state index is 0.0656. The van der Waals surface area contributed by atoms with Crippen LogP contribution >= 0.6 is 0 Å². The molecule has 0 amide bonds. The molecule has 3 heteroatoms. The Bertz CT molecular complexity index is 192. The van der Waals surface area contributed by atoms with Crippen molar-refractivity contribution in [2.45, 2.75) is 52.6 Å². The van der Waals surface area contributed by atoms with Gasteiger partial charge in [-0.05, 0) is 41.5 Å². The number of nitrogens with one attached hydrogen (secondary N) is 1. The van der Waals surface area contributed by atoms with E-state index < -0.39 is 0 Å². The van der Waals surface area contributed by atoms with Crippen molar-refractivity contribution >= 4 is 5.96 Å². The molecule has 0 radical (unpaired) electrons. The molecule has 0 rings (SSSR count). The van der Waals surface area contributed by atoms with Crippen LogP contribution in [-0.2, 0) is 0 Å². The van der Waals surface area contributed by atoms with Gasteiger partial charge < -0.3 is 10.2 Å². The molecular formula is C11H25N3. The molecule has 0 heterocycles. The summed E-state index contributed by atoms with van der Waals surface area (Å²) in [5.41, 5.74) is 0.131. The lowest BCUT2D eigenvalue weighted by atomic mass is 9.96. The smallest absolute Gasteiger partial charge is 0.194 e. The highest BCUT2D eigenvalue weighted by Crippen LogP contribution is 2.24. The van der Waals surface area contributed by atoms with Crippen molar-refractivity contribution in [3.8, 4) is 0 Å². The number of nitrogens with zero attached hydrogens (tertiary/aromatic N) is 2. The Balaban J connectivity index is 5.13. The summed E-state index contributed by atoms with van der Waals surface area (Å²) in [7, 11) is 3.73. The Kier molecular flexibility index (Phi) is 3.98. The first-order chi connectivity index (χ1) is 6.14. The summed E-state index contributed by atoms with van der Waals surface area (Å²) in [5.74, 6) is 0.935.